The number of carbonyl (C=O) groups is 3. The van der Waals surface area contributed by atoms with Crippen molar-refractivity contribution in [1.29, 1.82) is 0 Å². The first-order valence-electron chi connectivity index (χ1n) is 10.9. The maximum absolute atomic E-state index is 12.1. The van der Waals surface area contributed by atoms with Crippen LogP contribution in [0, 0.1) is 5.92 Å². The Hall–Kier alpha value is -3.65. The number of nitrogens with one attached hydrogen (secondary N) is 2. The fourth-order valence-electron chi connectivity index (χ4n) is 4.28. The molecule has 8 heteroatoms. The zero-order valence-corrected chi connectivity index (χ0v) is 18.0. The van der Waals surface area contributed by atoms with Gasteiger partial charge in [-0.15, -0.1) is 0 Å². The average Bonchev–Trinajstić information content (AvgIpc) is 3.40. The number of hydrogen-bond acceptors (Lipinski definition) is 5. The summed E-state index contributed by atoms with van der Waals surface area (Å²) in [6.45, 7) is 0.411. The van der Waals surface area contributed by atoms with Gasteiger partial charge in [-0.1, -0.05) is 60.7 Å². The van der Waals surface area contributed by atoms with Gasteiger partial charge in [0, 0.05) is 18.5 Å². The molecular formula is C25H26N2O6. The van der Waals surface area contributed by atoms with Crippen LogP contribution >= 0.6 is 0 Å². The molecule has 0 fully saturated rings. The molecule has 2 aliphatic rings. The second-order valence-corrected chi connectivity index (χ2v) is 8.04. The normalized spacial score (nSPS) is 18.4. The van der Waals surface area contributed by atoms with Crippen molar-refractivity contribution >= 4 is 18.0 Å². The minimum Gasteiger partial charge on any atom is -0.481 e. The molecule has 4 rings (SSSR count). The van der Waals surface area contributed by atoms with Crippen LogP contribution in [0.2, 0.25) is 0 Å². The van der Waals surface area contributed by atoms with E-state index in [2.05, 4.69) is 34.9 Å². The molecule has 0 heterocycles. The van der Waals surface area contributed by atoms with Crippen LogP contribution in [-0.2, 0) is 19.1 Å². The predicted molar refractivity (Wildman–Crippen MR) is 121 cm³/mol. The fraction of sp³-hybridized carbons (Fsp3) is 0.320. The van der Waals surface area contributed by atoms with Crippen molar-refractivity contribution < 1.29 is 29.0 Å². The van der Waals surface area contributed by atoms with Gasteiger partial charge < -0.3 is 25.2 Å². The van der Waals surface area contributed by atoms with E-state index < -0.39 is 18.0 Å². The summed E-state index contributed by atoms with van der Waals surface area (Å²) in [5.41, 5.74) is 4.63. The summed E-state index contributed by atoms with van der Waals surface area (Å²) < 4.78 is 10.7. The van der Waals surface area contributed by atoms with E-state index in [0.717, 1.165) is 11.1 Å². The van der Waals surface area contributed by atoms with Crippen molar-refractivity contribution in [3.8, 4) is 11.1 Å². The summed E-state index contributed by atoms with van der Waals surface area (Å²) in [5, 5.41) is 14.3. The Morgan fingerprint density at radius 2 is 1.64 bits per heavy atom. The molecular weight excluding hydrogens is 424 g/mol. The van der Waals surface area contributed by atoms with E-state index in [-0.39, 0.29) is 44.2 Å². The molecule has 3 N–H and O–H groups in total. The summed E-state index contributed by atoms with van der Waals surface area (Å²) >= 11 is 0. The Kier molecular flexibility index (Phi) is 7.04. The van der Waals surface area contributed by atoms with Gasteiger partial charge in [-0.25, -0.2) is 4.79 Å². The van der Waals surface area contributed by atoms with E-state index in [1.165, 1.54) is 11.1 Å². The molecule has 0 aromatic heterocycles. The molecule has 33 heavy (non-hydrogen) atoms. The topological polar surface area (TPSA) is 114 Å². The smallest absolute Gasteiger partial charge is 0.407 e. The summed E-state index contributed by atoms with van der Waals surface area (Å²) in [6.07, 6.45) is 3.05. The number of aliphatic carboxylic acids is 1. The third-order valence-electron chi connectivity index (χ3n) is 5.84. The van der Waals surface area contributed by atoms with Gasteiger partial charge >= 0.3 is 12.1 Å². The fourth-order valence-corrected chi connectivity index (χ4v) is 4.28. The molecule has 2 amide bonds. The van der Waals surface area contributed by atoms with Crippen molar-refractivity contribution in [2.24, 2.45) is 5.92 Å². The highest BCUT2D eigenvalue weighted by atomic mass is 16.5. The summed E-state index contributed by atoms with van der Waals surface area (Å²) in [7, 11) is 0. The van der Waals surface area contributed by atoms with Crippen LogP contribution in [0.5, 0.6) is 0 Å². The first kappa shape index (κ1) is 22.5. The number of amides is 2. The second-order valence-electron chi connectivity index (χ2n) is 8.04. The van der Waals surface area contributed by atoms with Gasteiger partial charge in [0.05, 0.1) is 12.5 Å². The highest BCUT2D eigenvalue weighted by molar-refractivity contribution is 5.79. The lowest BCUT2D eigenvalue weighted by molar-refractivity contribution is -0.140. The minimum atomic E-state index is -0.904. The minimum absolute atomic E-state index is 0.00606. The standard InChI is InChI=1S/C25H26N2O6/c28-23(27-17-10-9-16(13-17)24(29)30)15-32-12-11-26-25(31)33-14-22-20-7-3-1-5-18(20)19-6-2-4-8-21(19)22/h1-10,16-17,22H,11-15H2,(H,26,31)(H,27,28)(H,29,30). The first-order chi connectivity index (χ1) is 16.0. The quantitative estimate of drug-likeness (QED) is 0.400. The van der Waals surface area contributed by atoms with Crippen molar-refractivity contribution in [2.75, 3.05) is 26.4 Å². The number of carboxylic acid groups (broad SMARTS) is 1. The predicted octanol–water partition coefficient (Wildman–Crippen LogP) is 2.69. The largest absolute Gasteiger partial charge is 0.481 e. The molecule has 2 aromatic rings. The lowest BCUT2D eigenvalue weighted by atomic mass is 9.98. The number of rotatable bonds is 9. The number of carbonyl (C=O) groups excluding carboxylic acids is 2. The number of benzene rings is 2. The van der Waals surface area contributed by atoms with E-state index in [1.54, 1.807) is 12.2 Å². The Labute approximate surface area is 191 Å². The van der Waals surface area contributed by atoms with Gasteiger partial charge in [0.25, 0.3) is 0 Å². The maximum Gasteiger partial charge on any atom is 0.407 e. The van der Waals surface area contributed by atoms with E-state index in [9.17, 15) is 14.4 Å². The third-order valence-corrected chi connectivity index (χ3v) is 5.84. The molecule has 0 aliphatic heterocycles. The summed E-state index contributed by atoms with van der Waals surface area (Å²) in [4.78, 5) is 34.9. The van der Waals surface area contributed by atoms with Gasteiger partial charge in [0.1, 0.15) is 13.2 Å². The Balaban J connectivity index is 1.14. The number of carboxylic acids is 1. The van der Waals surface area contributed by atoms with Crippen LogP contribution in [0.3, 0.4) is 0 Å². The summed E-state index contributed by atoms with van der Waals surface area (Å²) in [5.74, 6) is -1.82. The van der Waals surface area contributed by atoms with Crippen LogP contribution < -0.4 is 10.6 Å². The second kappa shape index (κ2) is 10.3. The van der Waals surface area contributed by atoms with Gasteiger partial charge in [0.2, 0.25) is 5.91 Å². The molecule has 0 spiro atoms. The van der Waals surface area contributed by atoms with E-state index >= 15 is 0 Å². The molecule has 0 bridgehead atoms. The zero-order valence-electron chi connectivity index (χ0n) is 18.0. The molecule has 0 saturated heterocycles. The van der Waals surface area contributed by atoms with Crippen LogP contribution in [0.1, 0.15) is 23.5 Å². The van der Waals surface area contributed by atoms with Crippen molar-refractivity contribution in [2.45, 2.75) is 18.4 Å². The SMILES string of the molecule is O=C(COCCNC(=O)OCC1c2ccccc2-c2ccccc21)NC1C=CC(C(=O)O)C1. The van der Waals surface area contributed by atoms with Gasteiger partial charge in [-0.05, 0) is 28.7 Å². The monoisotopic (exact) mass is 450 g/mol. The van der Waals surface area contributed by atoms with Gasteiger partial charge in [0.15, 0.2) is 0 Å². The molecule has 2 aliphatic carbocycles. The van der Waals surface area contributed by atoms with Crippen LogP contribution in [-0.4, -0.2) is 55.5 Å². The van der Waals surface area contributed by atoms with Gasteiger partial charge in [-0.3, -0.25) is 9.59 Å². The third kappa shape index (κ3) is 5.40. The molecule has 2 aromatic carbocycles. The van der Waals surface area contributed by atoms with E-state index in [1.807, 2.05) is 24.3 Å². The molecule has 0 radical (unpaired) electrons. The van der Waals surface area contributed by atoms with Crippen molar-refractivity contribution in [3.05, 3.63) is 71.8 Å². The van der Waals surface area contributed by atoms with E-state index in [4.69, 9.17) is 14.6 Å². The Bertz CT molecular complexity index is 1020. The Morgan fingerprint density at radius 3 is 2.27 bits per heavy atom. The maximum atomic E-state index is 12.1. The molecule has 172 valence electrons. The Morgan fingerprint density at radius 1 is 0.970 bits per heavy atom. The zero-order chi connectivity index (χ0) is 23.2. The number of fused-ring (bicyclic) bond motifs is 3. The first-order valence-corrected chi connectivity index (χ1v) is 10.9. The van der Waals surface area contributed by atoms with Crippen LogP contribution in [0.15, 0.2) is 60.7 Å². The van der Waals surface area contributed by atoms with Gasteiger partial charge in [-0.2, -0.15) is 0 Å². The van der Waals surface area contributed by atoms with Crippen molar-refractivity contribution in [1.82, 2.24) is 10.6 Å². The average molecular weight is 450 g/mol. The number of hydrogen-bond donors (Lipinski definition) is 3. The summed E-state index contributed by atoms with van der Waals surface area (Å²) in [6, 6.07) is 15.9. The van der Waals surface area contributed by atoms with Crippen LogP contribution in [0.25, 0.3) is 11.1 Å². The highest BCUT2D eigenvalue weighted by Gasteiger charge is 2.29. The van der Waals surface area contributed by atoms with Crippen molar-refractivity contribution in [3.63, 3.8) is 0 Å². The number of alkyl carbamates (subject to hydrolysis) is 1. The molecule has 2 atom stereocenters. The lowest BCUT2D eigenvalue weighted by Gasteiger charge is -2.15. The molecule has 2 unspecified atom stereocenters. The number of ether oxygens (including phenoxy) is 2. The molecule has 8 nitrogen and oxygen atoms in total. The lowest BCUT2D eigenvalue weighted by Crippen LogP contribution is -2.36. The molecule has 0 saturated carbocycles. The van der Waals surface area contributed by atoms with E-state index in [0.29, 0.717) is 6.42 Å². The van der Waals surface area contributed by atoms with Crippen LogP contribution in [0.4, 0.5) is 4.79 Å². The highest BCUT2D eigenvalue weighted by Crippen LogP contribution is 2.44.